The Morgan fingerprint density at radius 1 is 0.904 bits per heavy atom. The zero-order chi connectivity index (χ0) is 40.3. The molecule has 7 N–H and O–H groups in total. The molecule has 1 saturated heterocycles. The van der Waals surface area contributed by atoms with Crippen molar-refractivity contribution in [2.75, 3.05) is 27.2 Å². The number of likely N-dealkylation sites (N-methyl/N-ethyl adjacent to an activating group) is 2. The van der Waals surface area contributed by atoms with E-state index >= 15 is 0 Å². The monoisotopic (exact) mass is 756 g/mol. The Kier molecular flexibility index (Phi) is 35.6. The fourth-order valence-electron chi connectivity index (χ4n) is 3.78. The number of aliphatic carboxylic acids is 1. The summed E-state index contributed by atoms with van der Waals surface area (Å²) in [6.07, 6.45) is 4.42. The molecule has 1 amide bonds. The highest BCUT2D eigenvalue weighted by Gasteiger charge is 2.34. The molecule has 18 heteroatoms. The average Bonchev–Trinajstić information content (AvgIpc) is 3.45. The van der Waals surface area contributed by atoms with Crippen LogP contribution in [0.3, 0.4) is 0 Å². The zero-order valence-electron chi connectivity index (χ0n) is 31.6. The number of unbranched alkanes of at least 4 members (excludes halogenated alkanes) is 4. The van der Waals surface area contributed by atoms with Gasteiger partial charge in [-0.1, -0.05) is 63.8 Å². The van der Waals surface area contributed by atoms with Crippen molar-refractivity contribution in [3.63, 3.8) is 0 Å². The predicted octanol–water partition coefficient (Wildman–Crippen LogP) is 2.65. The molecule has 16 nitrogen and oxygen atoms in total. The Labute approximate surface area is 309 Å². The summed E-state index contributed by atoms with van der Waals surface area (Å²) in [5.74, 6) is -2.77. The van der Waals surface area contributed by atoms with Gasteiger partial charge in [0.05, 0.1) is 52.8 Å². The predicted molar refractivity (Wildman–Crippen MR) is 196 cm³/mol. The van der Waals surface area contributed by atoms with Gasteiger partial charge in [-0.3, -0.25) is 28.5 Å². The number of rotatable bonds is 20. The van der Waals surface area contributed by atoms with Gasteiger partial charge >= 0.3 is 30.0 Å². The summed E-state index contributed by atoms with van der Waals surface area (Å²) in [7, 11) is 3.36. The molecule has 0 aromatic heterocycles. The Bertz CT molecular complexity index is 1190. The number of carboxylic acid groups (broad SMARTS) is 1. The molecule has 1 radical (unpaired) electrons. The molecular formula is C34H58BN4O12P+. The highest BCUT2D eigenvalue weighted by molar-refractivity contribution is 7.60. The van der Waals surface area contributed by atoms with Crippen LogP contribution in [0.2, 0.25) is 6.82 Å². The molecule has 52 heavy (non-hydrogen) atoms. The minimum atomic E-state index is -0.963. The number of benzene rings is 1. The molecule has 0 unspecified atom stereocenters. The van der Waals surface area contributed by atoms with E-state index in [2.05, 4.69) is 26.4 Å². The van der Waals surface area contributed by atoms with Crippen molar-refractivity contribution < 1.29 is 63.2 Å². The summed E-state index contributed by atoms with van der Waals surface area (Å²) in [6, 6.07) is 7.25. The highest BCUT2D eigenvalue weighted by Crippen LogP contribution is 2.08. The van der Waals surface area contributed by atoms with Crippen molar-refractivity contribution in [3.05, 3.63) is 35.9 Å². The quantitative estimate of drug-likeness (QED) is 0.0321. The van der Waals surface area contributed by atoms with Gasteiger partial charge in [0, 0.05) is 0 Å². The maximum atomic E-state index is 11.4. The number of ether oxygens (including phenoxy) is 3. The second kappa shape index (κ2) is 35.4. The van der Waals surface area contributed by atoms with E-state index < -0.39 is 42.1 Å². The summed E-state index contributed by atoms with van der Waals surface area (Å²) < 4.78 is 23.5. The molecule has 1 aromatic carbocycles. The van der Waals surface area contributed by atoms with E-state index in [-0.39, 0.29) is 51.7 Å². The van der Waals surface area contributed by atoms with E-state index in [0.717, 1.165) is 24.9 Å². The molecule has 2 rings (SSSR count). The van der Waals surface area contributed by atoms with Crippen LogP contribution in [0.5, 0.6) is 0 Å². The van der Waals surface area contributed by atoms with Gasteiger partial charge < -0.3 is 41.0 Å². The average molecular weight is 757 g/mol. The first-order valence-electron chi connectivity index (χ1n) is 17.1. The van der Waals surface area contributed by atoms with Crippen molar-refractivity contribution >= 4 is 56.9 Å². The van der Waals surface area contributed by atoms with E-state index in [0.29, 0.717) is 6.61 Å². The van der Waals surface area contributed by atoms with Crippen LogP contribution in [0.1, 0.15) is 84.6 Å². The molecule has 3 atom stereocenters. The maximum Gasteiger partial charge on any atom is 0.415 e. The number of quaternary nitrogens is 1. The van der Waals surface area contributed by atoms with Gasteiger partial charge in [-0.2, -0.15) is 0 Å². The highest BCUT2D eigenvalue weighted by atomic mass is 31.1. The van der Waals surface area contributed by atoms with Crippen LogP contribution in [0.4, 0.5) is 4.79 Å². The Morgan fingerprint density at radius 3 is 1.85 bits per heavy atom. The van der Waals surface area contributed by atoms with Crippen LogP contribution in [-0.4, -0.2) is 99.0 Å². The summed E-state index contributed by atoms with van der Waals surface area (Å²) in [5.41, 5.74) is 4.64. The first-order valence-corrected chi connectivity index (χ1v) is 18.0. The smallest absolute Gasteiger partial charge is 0.415 e. The van der Waals surface area contributed by atoms with Gasteiger partial charge in [-0.05, 0) is 52.8 Å². The lowest BCUT2D eigenvalue weighted by Crippen LogP contribution is -2.50. The lowest BCUT2D eigenvalue weighted by molar-refractivity contribution is -0.368. The molecule has 1 aliphatic rings. The number of esters is 3. The Morgan fingerprint density at radius 2 is 1.42 bits per heavy atom. The number of ketones is 2. The van der Waals surface area contributed by atoms with Gasteiger partial charge in [0.2, 0.25) is 7.00 Å². The molecule has 0 aliphatic carbocycles. The summed E-state index contributed by atoms with van der Waals surface area (Å²) >= 11 is 0. The first-order chi connectivity index (χ1) is 24.7. The number of nitrogens with one attached hydrogen (secondary N) is 3. The van der Waals surface area contributed by atoms with E-state index in [1.54, 1.807) is 27.9 Å². The lowest BCUT2D eigenvalue weighted by atomic mass is 10.1. The third-order valence-corrected chi connectivity index (χ3v) is 6.78. The molecule has 0 saturated carbocycles. The van der Waals surface area contributed by atoms with Crippen molar-refractivity contribution in [3.8, 4) is 0 Å². The van der Waals surface area contributed by atoms with Gasteiger partial charge in [0.25, 0.3) is 0 Å². The molecule has 0 spiro atoms. The number of alkyl carbamates (subject to hydrolysis) is 1. The standard InChI is InChI=1S/C13H26N2O3.C12H11NO5.C6H11NO3.C2H6.CH3BOP/c1-11(16)12(15-2)10-13(17)18-9-7-5-3-4-6-8-14;14-10(6-9-11(15)18-12(16)13-9)17-7-8-4-2-1-3-5-8;1-4(8)5(7-2)3-6(9)10;1-2;1-2-4-3/h12,15H,3-10,14H2,1-2H3;1-5,9H,6-7H2,(H,13,16);5,7H,3H2,1-2H3,(H,9,10);1-2H3;1H3/p+1/t12-;9-;5-;;/m000../s1. The van der Waals surface area contributed by atoms with Crippen LogP contribution >= 0.6 is 8.34 Å². The SMILES string of the molecule is CC.CN[C@@H](CC(=O)O)C(C)=O.CN[C@@H](CC(=O)OCCCCCCC[NH3+])C(C)=O.C[B]P=O.O=C(C[C@@H]1NC(=O)OC1=O)OCc1ccccc1. The second-order valence-electron chi connectivity index (χ2n) is 10.7. The van der Waals surface area contributed by atoms with Crippen LogP contribution in [0, 0.1) is 0 Å². The van der Waals surface area contributed by atoms with Crippen LogP contribution in [0.25, 0.3) is 0 Å². The maximum absolute atomic E-state index is 11.4. The van der Waals surface area contributed by atoms with E-state index in [9.17, 15) is 38.1 Å². The van der Waals surface area contributed by atoms with E-state index in [1.165, 1.54) is 33.1 Å². The molecular weight excluding hydrogens is 698 g/mol. The van der Waals surface area contributed by atoms with E-state index in [4.69, 9.17) is 14.6 Å². The number of carboxylic acids is 1. The Balaban J connectivity index is -0.000000664. The third-order valence-electron chi connectivity index (χ3n) is 6.57. The minimum Gasteiger partial charge on any atom is -0.481 e. The number of hydrogen-bond donors (Lipinski definition) is 5. The third kappa shape index (κ3) is 30.8. The van der Waals surface area contributed by atoms with Crippen molar-refractivity contribution in [1.29, 1.82) is 0 Å². The molecule has 0 bridgehead atoms. The lowest BCUT2D eigenvalue weighted by Gasteiger charge is -2.11. The van der Waals surface area contributed by atoms with Crippen LogP contribution in [0.15, 0.2) is 30.3 Å². The van der Waals surface area contributed by atoms with Gasteiger partial charge in [-0.15, -0.1) is 0 Å². The number of hydrogen-bond acceptors (Lipinski definition) is 13. The fraction of sp³-hybridized carbons (Fsp3) is 0.618. The fourth-order valence-corrected chi connectivity index (χ4v) is 3.78. The summed E-state index contributed by atoms with van der Waals surface area (Å²) in [4.78, 5) is 76.4. The van der Waals surface area contributed by atoms with Crippen LogP contribution < -0.4 is 21.7 Å². The molecule has 1 heterocycles. The molecule has 1 fully saturated rings. The van der Waals surface area contributed by atoms with Crippen molar-refractivity contribution in [2.24, 2.45) is 0 Å². The summed E-state index contributed by atoms with van der Waals surface area (Å²) in [6.45, 7) is 11.7. The van der Waals surface area contributed by atoms with Gasteiger partial charge in [0.15, 0.2) is 0 Å². The number of amides is 1. The normalized spacial score (nSPS) is 13.6. The topological polar surface area (TPSA) is 248 Å². The second-order valence-corrected chi connectivity index (χ2v) is 11.4. The van der Waals surface area contributed by atoms with Crippen LogP contribution in [-0.2, 0) is 54.1 Å². The largest absolute Gasteiger partial charge is 0.481 e. The van der Waals surface area contributed by atoms with Crippen molar-refractivity contribution in [2.45, 2.75) is 111 Å². The van der Waals surface area contributed by atoms with Gasteiger partial charge in [0.1, 0.15) is 24.2 Å². The number of cyclic esters (lactones) is 2. The number of carbonyl (C=O) groups excluding carboxylic acids is 6. The first kappa shape index (κ1) is 52.3. The zero-order valence-corrected chi connectivity index (χ0v) is 32.5. The molecule has 1 aliphatic heterocycles. The van der Waals surface area contributed by atoms with E-state index in [1.807, 2.05) is 44.2 Å². The summed E-state index contributed by atoms with van der Waals surface area (Å²) in [5, 5.41) is 15.9. The molecule has 293 valence electrons. The number of Topliss-reactive ketones (excluding diaryl/α,β-unsaturated/α-hetero) is 2. The van der Waals surface area contributed by atoms with Crippen molar-refractivity contribution in [1.82, 2.24) is 16.0 Å². The number of carbonyl (C=O) groups is 7. The van der Waals surface area contributed by atoms with Gasteiger partial charge in [-0.25, -0.2) is 9.59 Å². The Hall–Kier alpha value is -4.05. The molecule has 1 aromatic rings. The minimum absolute atomic E-state index is 0.0392.